The van der Waals surface area contributed by atoms with E-state index in [0.29, 0.717) is 27.0 Å². The highest BCUT2D eigenvalue weighted by Gasteiger charge is 2.37. The zero-order valence-corrected chi connectivity index (χ0v) is 13.7. The molecule has 7 heteroatoms. The van der Waals surface area contributed by atoms with Crippen molar-refractivity contribution in [1.29, 1.82) is 0 Å². The minimum absolute atomic E-state index is 0.120. The molecule has 22 heavy (non-hydrogen) atoms. The molecule has 0 unspecified atom stereocenters. The summed E-state index contributed by atoms with van der Waals surface area (Å²) in [4.78, 5) is 26.0. The Morgan fingerprint density at radius 3 is 2.73 bits per heavy atom. The third-order valence-electron chi connectivity index (χ3n) is 3.63. The summed E-state index contributed by atoms with van der Waals surface area (Å²) in [7, 11) is 0. The van der Waals surface area contributed by atoms with Crippen LogP contribution >= 0.6 is 23.4 Å². The van der Waals surface area contributed by atoms with Crippen LogP contribution in [0, 0.1) is 0 Å². The van der Waals surface area contributed by atoms with E-state index in [1.807, 2.05) is 13.8 Å². The van der Waals surface area contributed by atoms with E-state index in [9.17, 15) is 9.59 Å². The van der Waals surface area contributed by atoms with Gasteiger partial charge in [-0.15, -0.1) is 0 Å². The summed E-state index contributed by atoms with van der Waals surface area (Å²) in [5, 5.41) is 0.196. The van der Waals surface area contributed by atoms with Crippen LogP contribution in [0.4, 0.5) is 4.79 Å². The molecule has 0 aromatic heterocycles. The van der Waals surface area contributed by atoms with E-state index in [2.05, 4.69) is 0 Å². The molecule has 3 rings (SSSR count). The normalized spacial score (nSPS) is 20.1. The van der Waals surface area contributed by atoms with Crippen molar-refractivity contribution in [3.63, 3.8) is 0 Å². The Labute approximate surface area is 137 Å². The van der Waals surface area contributed by atoms with Crippen LogP contribution in [0.5, 0.6) is 11.5 Å². The summed E-state index contributed by atoms with van der Waals surface area (Å²) in [6.07, 6.45) is 2.34. The van der Waals surface area contributed by atoms with Gasteiger partial charge in [-0.1, -0.05) is 18.5 Å². The fourth-order valence-electron chi connectivity index (χ4n) is 2.23. The first-order valence-electron chi connectivity index (χ1n) is 6.87. The summed E-state index contributed by atoms with van der Waals surface area (Å²) < 4.78 is 10.5. The van der Waals surface area contributed by atoms with Crippen molar-refractivity contribution in [2.45, 2.75) is 26.3 Å². The Kier molecular flexibility index (Phi) is 4.06. The number of rotatable bonds is 3. The largest absolute Gasteiger partial charge is 0.454 e. The number of hydrogen-bond acceptors (Lipinski definition) is 5. The average Bonchev–Trinajstić information content (AvgIpc) is 3.03. The van der Waals surface area contributed by atoms with Crippen LogP contribution in [0.1, 0.15) is 25.8 Å². The van der Waals surface area contributed by atoms with Gasteiger partial charge in [0.1, 0.15) is 0 Å². The van der Waals surface area contributed by atoms with Gasteiger partial charge in [0.15, 0.2) is 11.5 Å². The molecule has 1 atom stereocenters. The fraction of sp³-hybridized carbons (Fsp3) is 0.333. The third-order valence-corrected chi connectivity index (χ3v) is 4.84. The van der Waals surface area contributed by atoms with Gasteiger partial charge in [0, 0.05) is 12.1 Å². The molecule has 0 radical (unpaired) electrons. The monoisotopic (exact) mass is 339 g/mol. The smallest absolute Gasteiger partial charge is 0.293 e. The number of benzene rings is 1. The Hall–Kier alpha value is -1.66. The van der Waals surface area contributed by atoms with E-state index in [0.717, 1.165) is 18.2 Å². The minimum Gasteiger partial charge on any atom is -0.454 e. The molecule has 2 amide bonds. The summed E-state index contributed by atoms with van der Waals surface area (Å²) in [6, 6.07) is 3.24. The van der Waals surface area contributed by atoms with Crippen molar-refractivity contribution in [2.75, 3.05) is 6.79 Å². The number of imide groups is 1. The molecular weight excluding hydrogens is 326 g/mol. The van der Waals surface area contributed by atoms with Gasteiger partial charge in [-0.3, -0.25) is 14.5 Å². The zero-order valence-electron chi connectivity index (χ0n) is 12.1. The molecule has 2 aliphatic heterocycles. The van der Waals surface area contributed by atoms with Crippen molar-refractivity contribution in [1.82, 2.24) is 4.90 Å². The highest BCUT2D eigenvalue weighted by Crippen LogP contribution is 2.40. The Morgan fingerprint density at radius 2 is 2.05 bits per heavy atom. The summed E-state index contributed by atoms with van der Waals surface area (Å²) in [5.74, 6) is 0.879. The van der Waals surface area contributed by atoms with Crippen LogP contribution in [0.15, 0.2) is 17.0 Å². The molecule has 0 bridgehead atoms. The van der Waals surface area contributed by atoms with Crippen LogP contribution in [0.3, 0.4) is 0 Å². The maximum absolute atomic E-state index is 12.4. The molecule has 1 aromatic rings. The Morgan fingerprint density at radius 1 is 1.36 bits per heavy atom. The lowest BCUT2D eigenvalue weighted by Crippen LogP contribution is -2.36. The third kappa shape index (κ3) is 2.57. The van der Waals surface area contributed by atoms with Crippen molar-refractivity contribution in [3.8, 4) is 11.5 Å². The molecule has 2 aliphatic rings. The van der Waals surface area contributed by atoms with Crippen molar-refractivity contribution < 1.29 is 19.1 Å². The van der Waals surface area contributed by atoms with Crippen LogP contribution in [0.25, 0.3) is 6.08 Å². The fourth-order valence-corrected chi connectivity index (χ4v) is 3.36. The topological polar surface area (TPSA) is 55.8 Å². The van der Waals surface area contributed by atoms with E-state index >= 15 is 0 Å². The van der Waals surface area contributed by atoms with E-state index in [1.54, 1.807) is 18.2 Å². The molecule has 116 valence electrons. The number of halogens is 1. The maximum atomic E-state index is 12.4. The van der Waals surface area contributed by atoms with Gasteiger partial charge in [-0.05, 0) is 42.8 Å². The Balaban J connectivity index is 1.93. The highest BCUT2D eigenvalue weighted by atomic mass is 35.5. The second kappa shape index (κ2) is 5.85. The number of ether oxygens (including phenoxy) is 2. The molecule has 2 heterocycles. The van der Waals surface area contributed by atoms with Crippen molar-refractivity contribution in [2.24, 2.45) is 0 Å². The summed E-state index contributed by atoms with van der Waals surface area (Å²) in [5.41, 5.74) is 0.626. The number of amides is 2. The van der Waals surface area contributed by atoms with Crippen LogP contribution in [-0.4, -0.2) is 28.9 Å². The molecule has 5 nitrogen and oxygen atoms in total. The van der Waals surface area contributed by atoms with Crippen LogP contribution < -0.4 is 9.47 Å². The molecule has 0 N–H and O–H groups in total. The maximum Gasteiger partial charge on any atom is 0.293 e. The SMILES string of the molecule is CC[C@@H](C)N1C(=O)S/C(=C/c2cc3c(cc2Cl)OCO3)C1=O. The molecule has 1 saturated heterocycles. The minimum atomic E-state index is -0.280. The molecule has 0 aliphatic carbocycles. The van der Waals surface area contributed by atoms with E-state index in [4.69, 9.17) is 21.1 Å². The predicted octanol–water partition coefficient (Wildman–Crippen LogP) is 3.90. The molecule has 0 spiro atoms. The standard InChI is InChI=1S/C15H14ClNO4S/c1-3-8(2)17-14(18)13(22-15(17)19)5-9-4-11-12(6-10(9)16)21-7-20-11/h4-6,8H,3,7H2,1-2H3/b13-5+/t8-/m1/s1. The van der Waals surface area contributed by atoms with E-state index in [-0.39, 0.29) is 24.0 Å². The van der Waals surface area contributed by atoms with Crippen LogP contribution in [0.2, 0.25) is 5.02 Å². The number of hydrogen-bond donors (Lipinski definition) is 0. The first kappa shape index (κ1) is 15.2. The second-order valence-electron chi connectivity index (χ2n) is 5.04. The second-order valence-corrected chi connectivity index (χ2v) is 6.44. The van der Waals surface area contributed by atoms with Gasteiger partial charge in [0.25, 0.3) is 11.1 Å². The van der Waals surface area contributed by atoms with Gasteiger partial charge in [-0.2, -0.15) is 0 Å². The number of nitrogens with zero attached hydrogens (tertiary/aromatic N) is 1. The first-order valence-corrected chi connectivity index (χ1v) is 8.07. The summed E-state index contributed by atoms with van der Waals surface area (Å²) in [6.45, 7) is 3.94. The highest BCUT2D eigenvalue weighted by molar-refractivity contribution is 8.18. The summed E-state index contributed by atoms with van der Waals surface area (Å²) >= 11 is 7.13. The van der Waals surface area contributed by atoms with Gasteiger partial charge < -0.3 is 9.47 Å². The van der Waals surface area contributed by atoms with E-state index in [1.165, 1.54) is 4.90 Å². The number of fused-ring (bicyclic) bond motifs is 1. The molecule has 1 aromatic carbocycles. The van der Waals surface area contributed by atoms with E-state index < -0.39 is 0 Å². The number of carbonyl (C=O) groups is 2. The zero-order chi connectivity index (χ0) is 15.9. The van der Waals surface area contributed by atoms with Crippen LogP contribution in [-0.2, 0) is 4.79 Å². The number of carbonyl (C=O) groups excluding carboxylic acids is 2. The van der Waals surface area contributed by atoms with Crippen molar-refractivity contribution in [3.05, 3.63) is 27.6 Å². The number of thioether (sulfide) groups is 1. The van der Waals surface area contributed by atoms with Gasteiger partial charge in [-0.25, -0.2) is 0 Å². The Bertz CT molecular complexity index is 688. The van der Waals surface area contributed by atoms with Crippen molar-refractivity contribution >= 4 is 40.6 Å². The molecular formula is C15H14ClNO4S. The predicted molar refractivity (Wildman–Crippen MR) is 85.1 cm³/mol. The molecule has 1 fully saturated rings. The lowest BCUT2D eigenvalue weighted by molar-refractivity contribution is -0.124. The average molecular weight is 340 g/mol. The quantitative estimate of drug-likeness (QED) is 0.782. The molecule has 0 saturated carbocycles. The van der Waals surface area contributed by atoms with Gasteiger partial charge >= 0.3 is 0 Å². The van der Waals surface area contributed by atoms with Gasteiger partial charge in [0.2, 0.25) is 6.79 Å². The lowest BCUT2D eigenvalue weighted by Gasteiger charge is -2.19. The first-order chi connectivity index (χ1) is 10.5. The van der Waals surface area contributed by atoms with Gasteiger partial charge in [0.05, 0.1) is 9.93 Å². The lowest BCUT2D eigenvalue weighted by atomic mass is 10.1.